The standard InChI is InChI=1S/C19H22N7O6P/c1-2-30-33(28,29)9-8-12-10-13(32-18(27)11-6-4-3-5-7-11)17(31-12)26-16-14(24-25-26)15(20)22-19(21)23-16/h3-9,12-13,17H,2,10H2,1H3,(H,28,29)(H4,20,21,22,23)/b9-8+/t12-,13-,17-/m1/s1. The Morgan fingerprint density at radius 2 is 2.09 bits per heavy atom. The summed E-state index contributed by atoms with van der Waals surface area (Å²) in [6.45, 7) is 1.67. The van der Waals surface area contributed by atoms with Crippen LogP contribution in [0.4, 0.5) is 11.8 Å². The van der Waals surface area contributed by atoms with Crippen molar-refractivity contribution >= 4 is 36.5 Å². The molecule has 4 rings (SSSR count). The molecular weight excluding hydrogens is 453 g/mol. The average Bonchev–Trinajstić information content (AvgIpc) is 3.37. The van der Waals surface area contributed by atoms with Crippen molar-refractivity contribution in [3.63, 3.8) is 0 Å². The number of anilines is 2. The van der Waals surface area contributed by atoms with E-state index in [1.807, 2.05) is 0 Å². The molecule has 0 amide bonds. The van der Waals surface area contributed by atoms with Crippen LogP contribution < -0.4 is 11.5 Å². The van der Waals surface area contributed by atoms with E-state index >= 15 is 0 Å². The number of benzene rings is 1. The van der Waals surface area contributed by atoms with E-state index in [1.54, 1.807) is 37.3 Å². The maximum atomic E-state index is 12.7. The van der Waals surface area contributed by atoms with Crippen molar-refractivity contribution in [3.05, 3.63) is 47.8 Å². The lowest BCUT2D eigenvalue weighted by atomic mass is 10.2. The number of hydrogen-bond donors (Lipinski definition) is 3. The first-order valence-corrected chi connectivity index (χ1v) is 11.6. The van der Waals surface area contributed by atoms with Gasteiger partial charge in [0.1, 0.15) is 0 Å². The molecule has 1 aliphatic rings. The summed E-state index contributed by atoms with van der Waals surface area (Å²) in [6.07, 6.45) is -0.934. The molecular formula is C19H22N7O6P. The molecule has 0 bridgehead atoms. The van der Waals surface area contributed by atoms with Crippen LogP contribution >= 0.6 is 7.60 Å². The summed E-state index contributed by atoms with van der Waals surface area (Å²) in [5.74, 6) is 0.416. The lowest BCUT2D eigenvalue weighted by Gasteiger charge is -2.19. The molecule has 0 radical (unpaired) electrons. The smallest absolute Gasteiger partial charge is 0.351 e. The summed E-state index contributed by atoms with van der Waals surface area (Å²) in [6, 6.07) is 8.44. The molecule has 0 spiro atoms. The van der Waals surface area contributed by atoms with Gasteiger partial charge >= 0.3 is 13.6 Å². The molecule has 5 N–H and O–H groups in total. The lowest BCUT2D eigenvalue weighted by Crippen LogP contribution is -2.26. The van der Waals surface area contributed by atoms with Gasteiger partial charge in [0.15, 0.2) is 29.3 Å². The molecule has 0 aliphatic carbocycles. The number of rotatable bonds is 7. The molecule has 1 aliphatic heterocycles. The molecule has 4 atom stereocenters. The molecule has 174 valence electrons. The van der Waals surface area contributed by atoms with Gasteiger partial charge in [0.2, 0.25) is 5.95 Å². The Bertz CT molecular complexity index is 1230. The van der Waals surface area contributed by atoms with Crippen LogP contribution in [0.2, 0.25) is 0 Å². The normalized spacial score (nSPS) is 22.5. The number of nitrogen functional groups attached to an aromatic ring is 2. The SMILES string of the molecule is CCOP(=O)(O)/C=C/[C@@H]1C[C@@H](OC(=O)c2ccccc2)[C@H](n2nnc3c(N)nc(N)nc32)O1. The fourth-order valence-electron chi connectivity index (χ4n) is 3.37. The van der Waals surface area contributed by atoms with Gasteiger partial charge in [0.05, 0.1) is 18.3 Å². The van der Waals surface area contributed by atoms with E-state index in [1.165, 1.54) is 10.8 Å². The number of carbonyl (C=O) groups is 1. The van der Waals surface area contributed by atoms with Crippen LogP contribution in [0.1, 0.15) is 29.9 Å². The van der Waals surface area contributed by atoms with Crippen molar-refractivity contribution in [1.29, 1.82) is 0 Å². The predicted molar refractivity (Wildman–Crippen MR) is 117 cm³/mol. The van der Waals surface area contributed by atoms with Gasteiger partial charge in [0, 0.05) is 12.2 Å². The minimum atomic E-state index is -3.93. The molecule has 0 saturated carbocycles. The van der Waals surface area contributed by atoms with Crippen molar-refractivity contribution in [3.8, 4) is 0 Å². The summed E-state index contributed by atoms with van der Waals surface area (Å²) >= 11 is 0. The van der Waals surface area contributed by atoms with E-state index in [0.717, 1.165) is 5.82 Å². The Morgan fingerprint density at radius 3 is 2.82 bits per heavy atom. The van der Waals surface area contributed by atoms with Gasteiger partial charge in [-0.05, 0) is 25.1 Å². The van der Waals surface area contributed by atoms with Crippen LogP contribution in [-0.4, -0.2) is 54.6 Å². The van der Waals surface area contributed by atoms with Crippen LogP contribution in [0.25, 0.3) is 11.2 Å². The van der Waals surface area contributed by atoms with Crippen molar-refractivity contribution in [1.82, 2.24) is 25.0 Å². The van der Waals surface area contributed by atoms with Crippen molar-refractivity contribution in [2.45, 2.75) is 31.8 Å². The lowest BCUT2D eigenvalue weighted by molar-refractivity contribution is -0.0447. The van der Waals surface area contributed by atoms with Crippen LogP contribution in [0.15, 0.2) is 42.2 Å². The number of fused-ring (bicyclic) bond motifs is 1. The van der Waals surface area contributed by atoms with Gasteiger partial charge in [0.25, 0.3) is 0 Å². The Kier molecular flexibility index (Phi) is 6.38. The molecule has 1 aromatic carbocycles. The zero-order chi connectivity index (χ0) is 23.6. The molecule has 3 heterocycles. The number of esters is 1. The topological polar surface area (TPSA) is 191 Å². The molecule has 13 nitrogen and oxygen atoms in total. The van der Waals surface area contributed by atoms with Gasteiger partial charge in [-0.1, -0.05) is 23.4 Å². The monoisotopic (exact) mass is 475 g/mol. The van der Waals surface area contributed by atoms with Gasteiger partial charge in [-0.2, -0.15) is 14.6 Å². The van der Waals surface area contributed by atoms with Gasteiger partial charge < -0.3 is 30.4 Å². The highest BCUT2D eigenvalue weighted by Gasteiger charge is 2.40. The van der Waals surface area contributed by atoms with Crippen LogP contribution in [0.5, 0.6) is 0 Å². The second-order valence-electron chi connectivity index (χ2n) is 7.11. The highest BCUT2D eigenvalue weighted by atomic mass is 31.2. The quantitative estimate of drug-likeness (QED) is 0.331. The number of ether oxygens (including phenoxy) is 2. The van der Waals surface area contributed by atoms with Crippen molar-refractivity contribution in [2.24, 2.45) is 0 Å². The summed E-state index contributed by atoms with van der Waals surface area (Å²) in [5, 5.41) is 8.02. The van der Waals surface area contributed by atoms with E-state index in [2.05, 4.69) is 20.3 Å². The van der Waals surface area contributed by atoms with Gasteiger partial charge in [-0.25, -0.2) is 4.79 Å². The Balaban J connectivity index is 1.65. The largest absolute Gasteiger partial charge is 0.454 e. The number of carbonyl (C=O) groups excluding carboxylic acids is 1. The fourth-order valence-corrected chi connectivity index (χ4v) is 4.23. The Hall–Kier alpha value is -3.38. The zero-order valence-corrected chi connectivity index (χ0v) is 18.4. The third-order valence-corrected chi connectivity index (χ3v) is 5.95. The van der Waals surface area contributed by atoms with Crippen molar-refractivity contribution in [2.75, 3.05) is 18.1 Å². The molecule has 1 saturated heterocycles. The molecule has 2 aromatic heterocycles. The molecule has 33 heavy (non-hydrogen) atoms. The third-order valence-electron chi connectivity index (χ3n) is 4.78. The predicted octanol–water partition coefficient (Wildman–Crippen LogP) is 1.63. The Labute approximate surface area is 187 Å². The van der Waals surface area contributed by atoms with Gasteiger partial charge in [-0.3, -0.25) is 4.57 Å². The number of nitrogens with zero attached hydrogens (tertiary/aromatic N) is 5. The second kappa shape index (κ2) is 9.24. The second-order valence-corrected chi connectivity index (χ2v) is 8.79. The highest BCUT2D eigenvalue weighted by molar-refractivity contribution is 7.56. The summed E-state index contributed by atoms with van der Waals surface area (Å²) in [4.78, 5) is 30.5. The first-order valence-electron chi connectivity index (χ1n) is 9.99. The highest BCUT2D eigenvalue weighted by Crippen LogP contribution is 2.44. The molecule has 14 heteroatoms. The minimum Gasteiger partial charge on any atom is -0.454 e. The number of aromatic nitrogens is 5. The number of nitrogens with two attached hydrogens (primary N) is 2. The first kappa shape index (κ1) is 22.8. The molecule has 1 unspecified atom stereocenters. The molecule has 3 aromatic rings. The van der Waals surface area contributed by atoms with Crippen LogP contribution in [0, 0.1) is 0 Å². The zero-order valence-electron chi connectivity index (χ0n) is 17.5. The maximum Gasteiger partial charge on any atom is 0.351 e. The van der Waals surface area contributed by atoms with E-state index < -0.39 is 32.0 Å². The summed E-state index contributed by atoms with van der Waals surface area (Å²) in [5.41, 5.74) is 12.3. The van der Waals surface area contributed by atoms with E-state index in [0.29, 0.717) is 5.56 Å². The summed E-state index contributed by atoms with van der Waals surface area (Å²) in [7, 11) is -3.93. The minimum absolute atomic E-state index is 0.0361. The first-order chi connectivity index (χ1) is 15.8. The Morgan fingerprint density at radius 1 is 1.33 bits per heavy atom. The van der Waals surface area contributed by atoms with E-state index in [-0.39, 0.29) is 36.0 Å². The molecule has 1 fully saturated rings. The maximum absolute atomic E-state index is 12.7. The van der Waals surface area contributed by atoms with Crippen molar-refractivity contribution < 1.29 is 28.3 Å². The van der Waals surface area contributed by atoms with Gasteiger partial charge in [-0.15, -0.1) is 5.10 Å². The van der Waals surface area contributed by atoms with Crippen LogP contribution in [0.3, 0.4) is 0 Å². The van der Waals surface area contributed by atoms with Crippen LogP contribution in [-0.2, 0) is 18.6 Å². The van der Waals surface area contributed by atoms with E-state index in [9.17, 15) is 14.3 Å². The number of hydrogen-bond acceptors (Lipinski definition) is 11. The third kappa shape index (κ3) is 5.01. The fraction of sp³-hybridized carbons (Fsp3) is 0.316. The average molecular weight is 475 g/mol. The summed E-state index contributed by atoms with van der Waals surface area (Å²) < 4.78 is 29.8. The van der Waals surface area contributed by atoms with E-state index in [4.69, 9.17) is 25.5 Å².